The van der Waals surface area contributed by atoms with Crippen LogP contribution in [0.3, 0.4) is 0 Å². The Kier molecular flexibility index (Phi) is 2.48. The number of phenolic OH excluding ortho intramolecular Hbond substituents is 1. The zero-order valence-electron chi connectivity index (χ0n) is 12.6. The maximum absolute atomic E-state index is 13.1. The summed E-state index contributed by atoms with van der Waals surface area (Å²) in [5.74, 6) is 0.100. The molecule has 0 aliphatic heterocycles. The first kappa shape index (κ1) is 13.1. The van der Waals surface area contributed by atoms with Crippen molar-refractivity contribution >= 4 is 43.4 Å². The summed E-state index contributed by atoms with van der Waals surface area (Å²) in [7, 11) is 0. The van der Waals surface area contributed by atoms with E-state index in [1.807, 2.05) is 36.4 Å². The second-order valence-electron chi connectivity index (χ2n) is 5.86. The van der Waals surface area contributed by atoms with Gasteiger partial charge in [0.25, 0.3) is 0 Å². The molecule has 2 N–H and O–H groups in total. The molecule has 5 aromatic rings. The minimum atomic E-state index is -0.0987. The number of H-pyrrole nitrogens is 1. The van der Waals surface area contributed by atoms with Crippen LogP contribution >= 0.6 is 0 Å². The van der Waals surface area contributed by atoms with E-state index >= 15 is 0 Å². The number of fused-ring (bicyclic) bond motifs is 6. The molecule has 5 rings (SSSR count). The Labute approximate surface area is 136 Å². The fraction of sp³-hybridized carbons (Fsp3) is 0. The molecule has 0 radical (unpaired) electrons. The summed E-state index contributed by atoms with van der Waals surface area (Å²) >= 11 is 0. The van der Waals surface area contributed by atoms with Gasteiger partial charge in [-0.05, 0) is 29.7 Å². The largest absolute Gasteiger partial charge is 0.507 e. The van der Waals surface area contributed by atoms with Crippen LogP contribution in [0.2, 0.25) is 0 Å². The van der Waals surface area contributed by atoms with Crippen LogP contribution in [0.25, 0.3) is 43.4 Å². The van der Waals surface area contributed by atoms with E-state index in [1.165, 1.54) is 0 Å². The molecule has 2 heterocycles. The molecule has 0 spiro atoms. The average Bonchev–Trinajstić information content (AvgIpc) is 2.64. The molecule has 114 valence electrons. The van der Waals surface area contributed by atoms with Crippen molar-refractivity contribution in [1.29, 1.82) is 0 Å². The van der Waals surface area contributed by atoms with E-state index in [4.69, 9.17) is 0 Å². The lowest BCUT2D eigenvalue weighted by atomic mass is 9.97. The summed E-state index contributed by atoms with van der Waals surface area (Å²) in [4.78, 5) is 20.6. The number of aromatic amines is 1. The minimum absolute atomic E-state index is 0.0987. The zero-order valence-corrected chi connectivity index (χ0v) is 12.6. The van der Waals surface area contributed by atoms with E-state index in [2.05, 4.69) is 9.97 Å². The van der Waals surface area contributed by atoms with E-state index in [-0.39, 0.29) is 11.2 Å². The number of pyridine rings is 2. The number of benzene rings is 3. The zero-order chi connectivity index (χ0) is 16.3. The number of aromatic hydroxyl groups is 1. The van der Waals surface area contributed by atoms with Gasteiger partial charge >= 0.3 is 0 Å². The van der Waals surface area contributed by atoms with Crippen LogP contribution in [0.4, 0.5) is 0 Å². The summed E-state index contributed by atoms with van der Waals surface area (Å²) in [6.07, 6.45) is 3.45. The Morgan fingerprint density at radius 3 is 2.58 bits per heavy atom. The van der Waals surface area contributed by atoms with Crippen molar-refractivity contribution in [3.05, 3.63) is 71.1 Å². The van der Waals surface area contributed by atoms with Crippen molar-refractivity contribution in [3.8, 4) is 5.75 Å². The number of nitrogens with one attached hydrogen (secondary N) is 1. The Bertz CT molecular complexity index is 1340. The number of hydrogen-bond donors (Lipinski definition) is 2. The first-order valence-electron chi connectivity index (χ1n) is 7.68. The number of phenols is 1. The molecule has 0 atom stereocenters. The van der Waals surface area contributed by atoms with Gasteiger partial charge in [0, 0.05) is 28.6 Å². The topological polar surface area (TPSA) is 66.0 Å². The SMILES string of the molecule is O=c1c2ccc3cccnc3c2c(O)c2ccc3ccc[nH]c3c12. The second kappa shape index (κ2) is 4.55. The first-order valence-corrected chi connectivity index (χ1v) is 7.68. The standard InChI is InChI=1S/C20H12N2O2/c23-19-14-8-6-12-4-2-10-22-18(12)16(14)20(24)13-7-5-11-3-1-9-21-17(11)15(13)19/h1-10,21,24H. The van der Waals surface area contributed by atoms with E-state index in [1.54, 1.807) is 24.5 Å². The molecule has 24 heavy (non-hydrogen) atoms. The van der Waals surface area contributed by atoms with Crippen molar-refractivity contribution in [2.75, 3.05) is 0 Å². The number of rotatable bonds is 0. The average molecular weight is 312 g/mol. The van der Waals surface area contributed by atoms with Crippen LogP contribution in [0.5, 0.6) is 5.75 Å². The van der Waals surface area contributed by atoms with Gasteiger partial charge in [0.05, 0.1) is 21.8 Å². The molecule has 0 bridgehead atoms. The van der Waals surface area contributed by atoms with Crippen LogP contribution in [0.15, 0.2) is 65.7 Å². The Morgan fingerprint density at radius 1 is 0.875 bits per heavy atom. The monoisotopic (exact) mass is 312 g/mol. The van der Waals surface area contributed by atoms with Crippen molar-refractivity contribution in [3.63, 3.8) is 0 Å². The van der Waals surface area contributed by atoms with Crippen LogP contribution in [0.1, 0.15) is 0 Å². The van der Waals surface area contributed by atoms with Gasteiger partial charge in [-0.1, -0.05) is 24.3 Å². The minimum Gasteiger partial charge on any atom is -0.507 e. The van der Waals surface area contributed by atoms with Gasteiger partial charge in [-0.2, -0.15) is 0 Å². The molecule has 2 aromatic heterocycles. The summed E-state index contributed by atoms with van der Waals surface area (Å²) in [6.45, 7) is 0. The van der Waals surface area contributed by atoms with E-state index in [9.17, 15) is 9.90 Å². The molecule has 0 unspecified atom stereocenters. The van der Waals surface area contributed by atoms with Crippen molar-refractivity contribution in [2.45, 2.75) is 0 Å². The van der Waals surface area contributed by atoms with Gasteiger partial charge in [0.1, 0.15) is 5.75 Å². The molecule has 3 aromatic carbocycles. The molecule has 0 saturated heterocycles. The molecule has 0 fully saturated rings. The van der Waals surface area contributed by atoms with Crippen molar-refractivity contribution < 1.29 is 5.11 Å². The third-order valence-corrected chi connectivity index (χ3v) is 4.58. The molecular formula is C20H12N2O2. The highest BCUT2D eigenvalue weighted by Gasteiger charge is 2.16. The summed E-state index contributed by atoms with van der Waals surface area (Å²) in [6, 6.07) is 14.9. The van der Waals surface area contributed by atoms with Gasteiger partial charge < -0.3 is 10.1 Å². The molecular weight excluding hydrogens is 300 g/mol. The van der Waals surface area contributed by atoms with Gasteiger partial charge in [-0.15, -0.1) is 0 Å². The summed E-state index contributed by atoms with van der Waals surface area (Å²) in [5.41, 5.74) is 1.28. The highest BCUT2D eigenvalue weighted by atomic mass is 16.3. The lowest BCUT2D eigenvalue weighted by Crippen LogP contribution is -2.04. The van der Waals surface area contributed by atoms with E-state index in [0.29, 0.717) is 27.1 Å². The molecule has 0 aliphatic rings. The van der Waals surface area contributed by atoms with Crippen LogP contribution < -0.4 is 5.43 Å². The van der Waals surface area contributed by atoms with Gasteiger partial charge in [-0.3, -0.25) is 9.78 Å². The highest BCUT2D eigenvalue weighted by molar-refractivity contribution is 6.19. The van der Waals surface area contributed by atoms with Gasteiger partial charge in [0.15, 0.2) is 5.43 Å². The van der Waals surface area contributed by atoms with Gasteiger partial charge in [0.2, 0.25) is 0 Å². The molecule has 0 aliphatic carbocycles. The second-order valence-corrected chi connectivity index (χ2v) is 5.86. The Hall–Kier alpha value is -3.40. The van der Waals surface area contributed by atoms with E-state index < -0.39 is 0 Å². The molecule has 0 saturated carbocycles. The summed E-state index contributed by atoms with van der Waals surface area (Å²) in [5, 5.41) is 14.8. The lowest BCUT2D eigenvalue weighted by Gasteiger charge is -2.10. The Balaban J connectivity index is 2.16. The predicted octanol–water partition coefficient (Wildman–Crippen LogP) is 4.09. The number of hydrogen-bond acceptors (Lipinski definition) is 3. The summed E-state index contributed by atoms with van der Waals surface area (Å²) < 4.78 is 0. The van der Waals surface area contributed by atoms with Gasteiger partial charge in [-0.25, -0.2) is 0 Å². The maximum atomic E-state index is 13.1. The molecule has 4 heteroatoms. The molecule has 4 nitrogen and oxygen atoms in total. The fourth-order valence-electron chi connectivity index (χ4n) is 3.47. The van der Waals surface area contributed by atoms with Crippen LogP contribution in [-0.2, 0) is 0 Å². The van der Waals surface area contributed by atoms with E-state index in [0.717, 1.165) is 16.3 Å². The fourth-order valence-corrected chi connectivity index (χ4v) is 3.47. The smallest absolute Gasteiger partial charge is 0.196 e. The number of aromatic nitrogens is 2. The normalized spacial score (nSPS) is 11.7. The first-order chi connectivity index (χ1) is 11.8. The number of nitrogens with zero attached hydrogens (tertiary/aromatic N) is 1. The third kappa shape index (κ3) is 1.57. The maximum Gasteiger partial charge on any atom is 0.196 e. The lowest BCUT2D eigenvalue weighted by molar-refractivity contribution is 0.488. The third-order valence-electron chi connectivity index (χ3n) is 4.58. The predicted molar refractivity (Wildman–Crippen MR) is 96.5 cm³/mol. The quantitative estimate of drug-likeness (QED) is 0.334. The highest BCUT2D eigenvalue weighted by Crippen LogP contribution is 2.36. The Morgan fingerprint density at radius 2 is 1.67 bits per heavy atom. The van der Waals surface area contributed by atoms with Crippen molar-refractivity contribution in [2.24, 2.45) is 0 Å². The van der Waals surface area contributed by atoms with Crippen LogP contribution in [-0.4, -0.2) is 15.1 Å². The molecule has 0 amide bonds. The van der Waals surface area contributed by atoms with Crippen molar-refractivity contribution in [1.82, 2.24) is 9.97 Å². The van der Waals surface area contributed by atoms with Crippen LogP contribution in [0, 0.1) is 0 Å².